The highest BCUT2D eigenvalue weighted by atomic mass is 16.5. The summed E-state index contributed by atoms with van der Waals surface area (Å²) < 4.78 is 5.43. The van der Waals surface area contributed by atoms with Gasteiger partial charge in [-0.25, -0.2) is 0 Å². The molecular formula is C17H31N3O. The van der Waals surface area contributed by atoms with Crippen molar-refractivity contribution in [2.24, 2.45) is 11.3 Å². The standard InChI is InChI=1S/C17H31N3O/c1-6-18-12(2)11-15-19-16(20-21-15)13-7-9-14(10-8-13)17(3,4)5/h12-14,18H,6-11H2,1-5H3. The van der Waals surface area contributed by atoms with Gasteiger partial charge in [0.15, 0.2) is 5.82 Å². The molecule has 0 aromatic carbocycles. The first kappa shape index (κ1) is 16.5. The first-order valence-corrected chi connectivity index (χ1v) is 8.46. The predicted octanol–water partition coefficient (Wildman–Crippen LogP) is 3.93. The van der Waals surface area contributed by atoms with Gasteiger partial charge in [-0.2, -0.15) is 4.98 Å². The Labute approximate surface area is 129 Å². The first-order valence-electron chi connectivity index (χ1n) is 8.46. The van der Waals surface area contributed by atoms with Crippen molar-refractivity contribution in [1.29, 1.82) is 0 Å². The lowest BCUT2D eigenvalue weighted by atomic mass is 9.70. The van der Waals surface area contributed by atoms with Gasteiger partial charge >= 0.3 is 0 Å². The Bertz CT molecular complexity index is 427. The van der Waals surface area contributed by atoms with E-state index in [1.165, 1.54) is 25.7 Å². The van der Waals surface area contributed by atoms with Crippen LogP contribution in [0.15, 0.2) is 4.52 Å². The molecule has 1 unspecified atom stereocenters. The molecule has 0 amide bonds. The minimum Gasteiger partial charge on any atom is -0.339 e. The third-order valence-corrected chi connectivity index (χ3v) is 4.83. The van der Waals surface area contributed by atoms with Crippen LogP contribution < -0.4 is 5.32 Å². The molecule has 1 aliphatic rings. The van der Waals surface area contributed by atoms with Crippen LogP contribution in [0.3, 0.4) is 0 Å². The van der Waals surface area contributed by atoms with E-state index in [-0.39, 0.29) is 0 Å². The van der Waals surface area contributed by atoms with Crippen molar-refractivity contribution in [2.75, 3.05) is 6.54 Å². The lowest BCUT2D eigenvalue weighted by Crippen LogP contribution is -2.27. The minimum atomic E-state index is 0.389. The average molecular weight is 293 g/mol. The van der Waals surface area contributed by atoms with E-state index in [2.05, 4.69) is 50.1 Å². The molecule has 0 radical (unpaired) electrons. The number of nitrogens with one attached hydrogen (secondary N) is 1. The van der Waals surface area contributed by atoms with E-state index < -0.39 is 0 Å². The molecule has 1 aliphatic carbocycles. The van der Waals surface area contributed by atoms with E-state index in [1.54, 1.807) is 0 Å². The number of hydrogen-bond acceptors (Lipinski definition) is 4. The quantitative estimate of drug-likeness (QED) is 0.893. The highest BCUT2D eigenvalue weighted by Crippen LogP contribution is 2.42. The van der Waals surface area contributed by atoms with Gasteiger partial charge in [0.05, 0.1) is 0 Å². The van der Waals surface area contributed by atoms with Crippen molar-refractivity contribution < 1.29 is 4.52 Å². The number of nitrogens with zero attached hydrogens (tertiary/aromatic N) is 2. The SMILES string of the molecule is CCNC(C)Cc1nc(C2CCC(C(C)(C)C)CC2)no1. The van der Waals surface area contributed by atoms with Crippen LogP contribution in [0, 0.1) is 11.3 Å². The van der Waals surface area contributed by atoms with Gasteiger partial charge in [0.1, 0.15) is 0 Å². The molecule has 4 nitrogen and oxygen atoms in total. The molecule has 0 saturated heterocycles. The van der Waals surface area contributed by atoms with E-state index >= 15 is 0 Å². The molecule has 1 fully saturated rings. The van der Waals surface area contributed by atoms with Crippen LogP contribution in [0.2, 0.25) is 0 Å². The summed E-state index contributed by atoms with van der Waals surface area (Å²) in [5.74, 6) is 3.03. The van der Waals surface area contributed by atoms with E-state index in [4.69, 9.17) is 4.52 Å². The summed E-state index contributed by atoms with van der Waals surface area (Å²) in [6, 6.07) is 0.389. The molecule has 1 heterocycles. The second kappa shape index (κ2) is 6.91. The Balaban J connectivity index is 1.88. The van der Waals surface area contributed by atoms with Crippen molar-refractivity contribution in [2.45, 2.75) is 78.7 Å². The molecule has 1 atom stereocenters. The molecule has 21 heavy (non-hydrogen) atoms. The van der Waals surface area contributed by atoms with Gasteiger partial charge in [0, 0.05) is 18.4 Å². The predicted molar refractivity (Wildman–Crippen MR) is 85.3 cm³/mol. The summed E-state index contributed by atoms with van der Waals surface area (Å²) >= 11 is 0. The Kier molecular flexibility index (Phi) is 5.42. The third-order valence-electron chi connectivity index (χ3n) is 4.83. The molecule has 1 aromatic rings. The van der Waals surface area contributed by atoms with Gasteiger partial charge in [-0.1, -0.05) is 32.9 Å². The van der Waals surface area contributed by atoms with Crippen LogP contribution in [-0.2, 0) is 6.42 Å². The van der Waals surface area contributed by atoms with Crippen molar-refractivity contribution in [1.82, 2.24) is 15.5 Å². The van der Waals surface area contributed by atoms with Crippen LogP contribution >= 0.6 is 0 Å². The van der Waals surface area contributed by atoms with Crippen molar-refractivity contribution in [3.63, 3.8) is 0 Å². The van der Waals surface area contributed by atoms with E-state index in [0.717, 1.165) is 30.6 Å². The Hall–Kier alpha value is -0.900. The topological polar surface area (TPSA) is 51.0 Å². The number of aromatic nitrogens is 2. The second-order valence-corrected chi connectivity index (χ2v) is 7.62. The molecular weight excluding hydrogens is 262 g/mol. The lowest BCUT2D eigenvalue weighted by Gasteiger charge is -2.36. The van der Waals surface area contributed by atoms with Crippen molar-refractivity contribution >= 4 is 0 Å². The average Bonchev–Trinajstić information content (AvgIpc) is 2.86. The van der Waals surface area contributed by atoms with Gasteiger partial charge in [0.25, 0.3) is 0 Å². The number of rotatable bonds is 5. The Morgan fingerprint density at radius 1 is 1.24 bits per heavy atom. The fourth-order valence-corrected chi connectivity index (χ4v) is 3.42. The normalized spacial score (nSPS) is 25.0. The summed E-state index contributed by atoms with van der Waals surface area (Å²) in [6.07, 6.45) is 5.78. The largest absolute Gasteiger partial charge is 0.339 e. The van der Waals surface area contributed by atoms with Gasteiger partial charge in [-0.05, 0) is 50.5 Å². The maximum absolute atomic E-state index is 5.43. The van der Waals surface area contributed by atoms with Crippen molar-refractivity contribution in [3.05, 3.63) is 11.7 Å². The molecule has 2 rings (SSSR count). The maximum Gasteiger partial charge on any atom is 0.228 e. The van der Waals surface area contributed by atoms with Crippen LogP contribution in [-0.4, -0.2) is 22.7 Å². The zero-order valence-corrected chi connectivity index (χ0v) is 14.3. The molecule has 1 saturated carbocycles. The smallest absolute Gasteiger partial charge is 0.228 e. The fraction of sp³-hybridized carbons (Fsp3) is 0.882. The minimum absolute atomic E-state index is 0.389. The van der Waals surface area contributed by atoms with Crippen LogP contribution in [0.25, 0.3) is 0 Å². The monoisotopic (exact) mass is 293 g/mol. The van der Waals surface area contributed by atoms with Gasteiger partial charge < -0.3 is 9.84 Å². The highest BCUT2D eigenvalue weighted by Gasteiger charge is 2.32. The first-order chi connectivity index (χ1) is 9.90. The molecule has 1 aromatic heterocycles. The molecule has 0 spiro atoms. The third kappa shape index (κ3) is 4.53. The van der Waals surface area contributed by atoms with Crippen LogP contribution in [0.1, 0.15) is 77.9 Å². The van der Waals surface area contributed by atoms with Gasteiger partial charge in [0.2, 0.25) is 5.89 Å². The van der Waals surface area contributed by atoms with E-state index in [9.17, 15) is 0 Å². The molecule has 1 N–H and O–H groups in total. The maximum atomic E-state index is 5.43. The summed E-state index contributed by atoms with van der Waals surface area (Å²) in [5, 5.41) is 7.60. The molecule has 0 bridgehead atoms. The Morgan fingerprint density at radius 2 is 1.90 bits per heavy atom. The summed E-state index contributed by atoms with van der Waals surface area (Å²) in [4.78, 5) is 4.63. The second-order valence-electron chi connectivity index (χ2n) is 7.62. The summed E-state index contributed by atoms with van der Waals surface area (Å²) in [6.45, 7) is 12.3. The lowest BCUT2D eigenvalue weighted by molar-refractivity contribution is 0.166. The summed E-state index contributed by atoms with van der Waals surface area (Å²) in [7, 11) is 0. The Morgan fingerprint density at radius 3 is 2.48 bits per heavy atom. The van der Waals surface area contributed by atoms with E-state index in [0.29, 0.717) is 17.4 Å². The van der Waals surface area contributed by atoms with E-state index in [1.807, 2.05) is 0 Å². The van der Waals surface area contributed by atoms with Crippen molar-refractivity contribution in [3.8, 4) is 0 Å². The number of hydrogen-bond donors (Lipinski definition) is 1. The molecule has 0 aliphatic heterocycles. The molecule has 120 valence electrons. The highest BCUT2D eigenvalue weighted by molar-refractivity contribution is 4.99. The zero-order chi connectivity index (χ0) is 15.5. The molecule has 4 heteroatoms. The van der Waals surface area contributed by atoms with Crippen LogP contribution in [0.5, 0.6) is 0 Å². The van der Waals surface area contributed by atoms with Gasteiger partial charge in [-0.15, -0.1) is 0 Å². The zero-order valence-electron chi connectivity index (χ0n) is 14.3. The van der Waals surface area contributed by atoms with Crippen LogP contribution in [0.4, 0.5) is 0 Å². The summed E-state index contributed by atoms with van der Waals surface area (Å²) in [5.41, 5.74) is 0.425. The van der Waals surface area contributed by atoms with Gasteiger partial charge in [-0.3, -0.25) is 0 Å². The number of likely N-dealkylation sites (N-methyl/N-ethyl adjacent to an activating group) is 1. The fourth-order valence-electron chi connectivity index (χ4n) is 3.42.